The Morgan fingerprint density at radius 3 is 2.22 bits per heavy atom. The van der Waals surface area contributed by atoms with Crippen molar-refractivity contribution in [1.29, 1.82) is 0 Å². The van der Waals surface area contributed by atoms with E-state index in [-0.39, 0.29) is 0 Å². The maximum Gasteiger partial charge on any atom is 0.225 e. The van der Waals surface area contributed by atoms with Crippen LogP contribution < -0.4 is 10.2 Å². The quantitative estimate of drug-likeness (QED) is 0.735. The van der Waals surface area contributed by atoms with Crippen molar-refractivity contribution in [2.75, 3.05) is 29.9 Å². The molecule has 124 valence electrons. The van der Waals surface area contributed by atoms with Gasteiger partial charge >= 0.3 is 0 Å². The van der Waals surface area contributed by atoms with E-state index in [0.717, 1.165) is 61.9 Å². The lowest BCUT2D eigenvalue weighted by Crippen LogP contribution is -2.26. The van der Waals surface area contributed by atoms with Gasteiger partial charge in [-0.1, -0.05) is 51.1 Å². The van der Waals surface area contributed by atoms with Crippen LogP contribution in [-0.2, 0) is 0 Å². The normalized spacial score (nSPS) is 10.6. The summed E-state index contributed by atoms with van der Waals surface area (Å²) in [6.45, 7) is 9.49. The highest BCUT2D eigenvalue weighted by Gasteiger charge is 2.11. The molecular formula is C19H28N4. The number of hydrogen-bond acceptors (Lipinski definition) is 4. The molecule has 2 aromatic rings. The van der Waals surface area contributed by atoms with Crippen LogP contribution in [0.15, 0.2) is 36.4 Å². The standard InChI is InChI=1S/C19H28N4/c1-4-12-20-19-21-17(16-10-8-7-9-11-16)15-18(22-19)23(13-5-2)14-6-3/h7-11,15H,4-6,12-14H2,1-3H3,(H,20,21,22). The van der Waals surface area contributed by atoms with E-state index in [2.05, 4.69) is 49.2 Å². The highest BCUT2D eigenvalue weighted by molar-refractivity contribution is 5.64. The number of nitrogens with one attached hydrogen (secondary N) is 1. The van der Waals surface area contributed by atoms with E-state index in [1.165, 1.54) is 0 Å². The highest BCUT2D eigenvalue weighted by Crippen LogP contribution is 2.23. The van der Waals surface area contributed by atoms with Crippen LogP contribution in [0.4, 0.5) is 11.8 Å². The van der Waals surface area contributed by atoms with E-state index in [9.17, 15) is 0 Å². The molecule has 0 saturated carbocycles. The molecule has 0 atom stereocenters. The summed E-state index contributed by atoms with van der Waals surface area (Å²) in [5, 5.41) is 3.34. The minimum atomic E-state index is 0.723. The van der Waals surface area contributed by atoms with Gasteiger partial charge in [-0.25, -0.2) is 4.98 Å². The van der Waals surface area contributed by atoms with Crippen molar-refractivity contribution >= 4 is 11.8 Å². The van der Waals surface area contributed by atoms with E-state index < -0.39 is 0 Å². The Hall–Kier alpha value is -2.10. The highest BCUT2D eigenvalue weighted by atomic mass is 15.2. The average Bonchev–Trinajstić information content (AvgIpc) is 2.60. The van der Waals surface area contributed by atoms with Gasteiger partial charge in [-0.2, -0.15) is 4.98 Å². The summed E-state index contributed by atoms with van der Waals surface area (Å²) in [5.41, 5.74) is 2.11. The van der Waals surface area contributed by atoms with Crippen molar-refractivity contribution in [2.24, 2.45) is 0 Å². The van der Waals surface area contributed by atoms with Gasteiger partial charge in [0.2, 0.25) is 5.95 Å². The molecule has 0 amide bonds. The Labute approximate surface area is 140 Å². The molecule has 1 aromatic carbocycles. The number of benzene rings is 1. The van der Waals surface area contributed by atoms with Crippen LogP contribution >= 0.6 is 0 Å². The number of rotatable bonds is 9. The van der Waals surface area contributed by atoms with Crippen LogP contribution in [0.1, 0.15) is 40.0 Å². The number of hydrogen-bond donors (Lipinski definition) is 1. The Balaban J connectivity index is 2.39. The molecule has 0 aliphatic carbocycles. The van der Waals surface area contributed by atoms with Crippen molar-refractivity contribution in [1.82, 2.24) is 9.97 Å². The monoisotopic (exact) mass is 312 g/mol. The van der Waals surface area contributed by atoms with Crippen LogP contribution in [0, 0.1) is 0 Å². The number of aromatic nitrogens is 2. The first-order valence-electron chi connectivity index (χ1n) is 8.71. The van der Waals surface area contributed by atoms with Gasteiger partial charge in [0.05, 0.1) is 5.69 Å². The van der Waals surface area contributed by atoms with Crippen LogP contribution in [0.25, 0.3) is 11.3 Å². The molecule has 1 aromatic heterocycles. The maximum atomic E-state index is 4.74. The van der Waals surface area contributed by atoms with Crippen LogP contribution in [-0.4, -0.2) is 29.6 Å². The van der Waals surface area contributed by atoms with Crippen molar-refractivity contribution in [3.8, 4) is 11.3 Å². The van der Waals surface area contributed by atoms with Crippen molar-refractivity contribution in [3.63, 3.8) is 0 Å². The third-order valence-corrected chi connectivity index (χ3v) is 3.63. The molecule has 2 rings (SSSR count). The first-order valence-corrected chi connectivity index (χ1v) is 8.71. The first kappa shape index (κ1) is 17.3. The van der Waals surface area contributed by atoms with Gasteiger partial charge in [0.1, 0.15) is 5.82 Å². The fraction of sp³-hybridized carbons (Fsp3) is 0.474. The SMILES string of the molecule is CCCNc1nc(-c2ccccc2)cc(N(CCC)CCC)n1. The van der Waals surface area contributed by atoms with Gasteiger partial charge in [0, 0.05) is 31.3 Å². The molecule has 0 bridgehead atoms. The summed E-state index contributed by atoms with van der Waals surface area (Å²) in [6.07, 6.45) is 3.28. The number of anilines is 2. The molecule has 4 heteroatoms. The molecule has 4 nitrogen and oxygen atoms in total. The van der Waals surface area contributed by atoms with Crippen molar-refractivity contribution in [2.45, 2.75) is 40.0 Å². The van der Waals surface area contributed by atoms with Gasteiger partial charge in [-0.15, -0.1) is 0 Å². The molecule has 0 radical (unpaired) electrons. The summed E-state index contributed by atoms with van der Waals surface area (Å²) in [5.74, 6) is 1.74. The number of nitrogens with zero attached hydrogens (tertiary/aromatic N) is 3. The summed E-state index contributed by atoms with van der Waals surface area (Å²) >= 11 is 0. The molecule has 1 N–H and O–H groups in total. The van der Waals surface area contributed by atoms with Gasteiger partial charge in [0.15, 0.2) is 0 Å². The fourth-order valence-corrected chi connectivity index (χ4v) is 2.55. The summed E-state index contributed by atoms with van der Waals surface area (Å²) in [6, 6.07) is 12.4. The molecule has 0 unspecified atom stereocenters. The zero-order valence-electron chi connectivity index (χ0n) is 14.5. The van der Waals surface area contributed by atoms with Gasteiger partial charge in [-0.05, 0) is 19.3 Å². The molecule has 0 saturated heterocycles. The van der Waals surface area contributed by atoms with E-state index in [1.54, 1.807) is 0 Å². The van der Waals surface area contributed by atoms with Crippen LogP contribution in [0.3, 0.4) is 0 Å². The Kier molecular flexibility index (Phi) is 6.85. The molecule has 23 heavy (non-hydrogen) atoms. The lowest BCUT2D eigenvalue weighted by Gasteiger charge is -2.23. The lowest BCUT2D eigenvalue weighted by atomic mass is 10.1. The van der Waals surface area contributed by atoms with Gasteiger partial charge < -0.3 is 10.2 Å². The zero-order valence-corrected chi connectivity index (χ0v) is 14.5. The minimum absolute atomic E-state index is 0.723. The molecule has 1 heterocycles. The van der Waals surface area contributed by atoms with Crippen molar-refractivity contribution < 1.29 is 0 Å². The van der Waals surface area contributed by atoms with Crippen molar-refractivity contribution in [3.05, 3.63) is 36.4 Å². The predicted octanol–water partition coefficient (Wildman–Crippen LogP) is 4.59. The zero-order chi connectivity index (χ0) is 16.5. The molecular weight excluding hydrogens is 284 g/mol. The smallest absolute Gasteiger partial charge is 0.225 e. The predicted molar refractivity (Wildman–Crippen MR) is 99.0 cm³/mol. The fourth-order valence-electron chi connectivity index (χ4n) is 2.55. The molecule has 0 aliphatic rings. The van der Waals surface area contributed by atoms with E-state index >= 15 is 0 Å². The van der Waals surface area contributed by atoms with E-state index in [0.29, 0.717) is 0 Å². The molecule has 0 fully saturated rings. The second-order valence-corrected chi connectivity index (χ2v) is 5.71. The molecule has 0 spiro atoms. The van der Waals surface area contributed by atoms with E-state index in [1.807, 2.05) is 18.2 Å². The maximum absolute atomic E-state index is 4.74. The van der Waals surface area contributed by atoms with Gasteiger partial charge in [-0.3, -0.25) is 0 Å². The van der Waals surface area contributed by atoms with Crippen LogP contribution in [0.5, 0.6) is 0 Å². The van der Waals surface area contributed by atoms with E-state index in [4.69, 9.17) is 9.97 Å². The summed E-state index contributed by atoms with van der Waals surface area (Å²) in [4.78, 5) is 11.8. The Morgan fingerprint density at radius 1 is 0.913 bits per heavy atom. The third-order valence-electron chi connectivity index (χ3n) is 3.63. The Morgan fingerprint density at radius 2 is 1.61 bits per heavy atom. The van der Waals surface area contributed by atoms with Crippen LogP contribution in [0.2, 0.25) is 0 Å². The lowest BCUT2D eigenvalue weighted by molar-refractivity contribution is 0.733. The summed E-state index contributed by atoms with van der Waals surface area (Å²) in [7, 11) is 0. The summed E-state index contributed by atoms with van der Waals surface area (Å²) < 4.78 is 0. The average molecular weight is 312 g/mol. The second-order valence-electron chi connectivity index (χ2n) is 5.71. The van der Waals surface area contributed by atoms with Gasteiger partial charge in [0.25, 0.3) is 0 Å². The first-order chi connectivity index (χ1) is 11.3. The molecule has 0 aliphatic heterocycles. The Bertz CT molecular complexity index is 577. The largest absolute Gasteiger partial charge is 0.356 e. The third kappa shape index (κ3) is 4.95. The topological polar surface area (TPSA) is 41.1 Å². The second kappa shape index (κ2) is 9.13. The minimum Gasteiger partial charge on any atom is -0.356 e.